The van der Waals surface area contributed by atoms with Crippen molar-refractivity contribution < 1.29 is 14.4 Å². The molecule has 0 atom stereocenters. The monoisotopic (exact) mass is 145 g/mol. The van der Waals surface area contributed by atoms with Crippen LogP contribution in [0.1, 0.15) is 13.3 Å². The summed E-state index contributed by atoms with van der Waals surface area (Å²) < 4.78 is 4.41. The summed E-state index contributed by atoms with van der Waals surface area (Å²) in [5, 5.41) is 3.46. The van der Waals surface area contributed by atoms with E-state index < -0.39 is 5.97 Å². The van der Waals surface area contributed by atoms with E-state index in [1.807, 2.05) is 0 Å². The van der Waals surface area contributed by atoms with Crippen LogP contribution in [0, 0.1) is 0 Å². The molecule has 0 radical (unpaired) electrons. The van der Waals surface area contributed by atoms with Crippen LogP contribution < -0.4 is 0 Å². The molecule has 0 saturated heterocycles. The lowest BCUT2D eigenvalue weighted by molar-refractivity contribution is -0.133. The van der Waals surface area contributed by atoms with Crippen LogP contribution in [0.4, 0.5) is 0 Å². The van der Waals surface area contributed by atoms with Crippen molar-refractivity contribution in [3.8, 4) is 0 Å². The first kappa shape index (κ1) is 8.94. The first-order valence-corrected chi connectivity index (χ1v) is 2.94. The highest BCUT2D eigenvalue weighted by Crippen LogP contribution is 1.89. The summed E-state index contributed by atoms with van der Waals surface area (Å²) in [6.07, 6.45) is 0.514. The Morgan fingerprint density at radius 2 is 2.10 bits per heavy atom. The van der Waals surface area contributed by atoms with Crippen LogP contribution in [0.3, 0.4) is 0 Å². The molecule has 0 spiro atoms. The van der Waals surface area contributed by atoms with Crippen LogP contribution in [0.25, 0.3) is 0 Å². The van der Waals surface area contributed by atoms with Crippen LogP contribution in [0.15, 0.2) is 5.16 Å². The van der Waals surface area contributed by atoms with E-state index in [1.54, 1.807) is 6.92 Å². The van der Waals surface area contributed by atoms with E-state index in [4.69, 9.17) is 0 Å². The number of esters is 1. The third-order valence-electron chi connectivity index (χ3n) is 0.957. The number of rotatable bonds is 3. The van der Waals surface area contributed by atoms with E-state index in [-0.39, 0.29) is 0 Å². The van der Waals surface area contributed by atoms with Gasteiger partial charge in [0.2, 0.25) is 0 Å². The van der Waals surface area contributed by atoms with Gasteiger partial charge in [-0.3, -0.25) is 0 Å². The summed E-state index contributed by atoms with van der Waals surface area (Å²) in [6.45, 7) is 1.80. The van der Waals surface area contributed by atoms with Gasteiger partial charge in [-0.25, -0.2) is 4.79 Å². The summed E-state index contributed by atoms with van der Waals surface area (Å²) in [5.74, 6) is -0.440. The average Bonchev–Trinajstić information content (AvgIpc) is 1.99. The van der Waals surface area contributed by atoms with Crippen LogP contribution in [0.5, 0.6) is 0 Å². The normalized spacial score (nSPS) is 10.9. The Bertz CT molecular complexity index is 142. The number of methoxy groups -OCH3 is 1. The van der Waals surface area contributed by atoms with Crippen molar-refractivity contribution in [1.29, 1.82) is 0 Å². The molecule has 0 aliphatic heterocycles. The van der Waals surface area contributed by atoms with E-state index >= 15 is 0 Å². The first-order valence-electron chi connectivity index (χ1n) is 2.94. The Labute approximate surface area is 59.8 Å². The Kier molecular flexibility index (Phi) is 4.28. The molecule has 0 aromatic rings. The van der Waals surface area contributed by atoms with Gasteiger partial charge in [0.25, 0.3) is 0 Å². The first-order chi connectivity index (χ1) is 4.76. The smallest absolute Gasteiger partial charge is 0.355 e. The summed E-state index contributed by atoms with van der Waals surface area (Å²) in [6, 6.07) is 0. The third-order valence-corrected chi connectivity index (χ3v) is 0.957. The van der Waals surface area contributed by atoms with Gasteiger partial charge >= 0.3 is 5.97 Å². The molecule has 0 amide bonds. The molecule has 4 nitrogen and oxygen atoms in total. The van der Waals surface area contributed by atoms with Gasteiger partial charge in [0, 0.05) is 0 Å². The number of carbonyl (C=O) groups is 1. The molecule has 0 bridgehead atoms. The molecule has 0 saturated carbocycles. The Hall–Kier alpha value is -1.06. The lowest BCUT2D eigenvalue weighted by Crippen LogP contribution is -2.14. The van der Waals surface area contributed by atoms with Crippen LogP contribution >= 0.6 is 0 Å². The molecular formula is C6H11NO3. The van der Waals surface area contributed by atoms with Crippen molar-refractivity contribution in [3.05, 3.63) is 0 Å². The van der Waals surface area contributed by atoms with Crippen molar-refractivity contribution in [1.82, 2.24) is 0 Å². The zero-order valence-electron chi connectivity index (χ0n) is 6.38. The van der Waals surface area contributed by atoms with Gasteiger partial charge in [-0.2, -0.15) is 0 Å². The fraction of sp³-hybridized carbons (Fsp3) is 0.667. The lowest BCUT2D eigenvalue weighted by Gasteiger charge is -1.97. The maximum absolute atomic E-state index is 10.7. The number of hydrogen-bond donors (Lipinski definition) is 0. The number of hydrogen-bond acceptors (Lipinski definition) is 4. The van der Waals surface area contributed by atoms with Gasteiger partial charge in [0.1, 0.15) is 7.11 Å². The second kappa shape index (κ2) is 4.78. The highest BCUT2D eigenvalue weighted by molar-refractivity contribution is 6.36. The Morgan fingerprint density at radius 3 is 2.40 bits per heavy atom. The molecule has 0 unspecified atom stereocenters. The predicted octanol–water partition coefficient (Wildman–Crippen LogP) is 0.572. The van der Waals surface area contributed by atoms with Gasteiger partial charge in [-0.15, -0.1) is 0 Å². The SMILES string of the molecule is CC/C(=N/OC)C(=O)OC. The minimum atomic E-state index is -0.440. The largest absolute Gasteiger partial charge is 0.464 e. The van der Waals surface area contributed by atoms with E-state index in [0.717, 1.165) is 0 Å². The number of ether oxygens (including phenoxy) is 1. The van der Waals surface area contributed by atoms with Crippen molar-refractivity contribution >= 4 is 11.7 Å². The molecule has 10 heavy (non-hydrogen) atoms. The highest BCUT2D eigenvalue weighted by atomic mass is 16.6. The van der Waals surface area contributed by atoms with Crippen molar-refractivity contribution in [2.45, 2.75) is 13.3 Å². The molecule has 0 fully saturated rings. The number of oxime groups is 1. The molecule has 58 valence electrons. The second-order valence-corrected chi connectivity index (χ2v) is 1.57. The summed E-state index contributed by atoms with van der Waals surface area (Å²) in [7, 11) is 2.70. The van der Waals surface area contributed by atoms with Gasteiger partial charge in [-0.05, 0) is 6.42 Å². The Morgan fingerprint density at radius 1 is 1.50 bits per heavy atom. The molecule has 0 heterocycles. The van der Waals surface area contributed by atoms with Crippen LogP contribution in [-0.4, -0.2) is 25.9 Å². The minimum Gasteiger partial charge on any atom is -0.464 e. The Balaban J connectivity index is 4.06. The molecule has 0 rings (SSSR count). The van der Waals surface area contributed by atoms with Crippen molar-refractivity contribution in [3.63, 3.8) is 0 Å². The van der Waals surface area contributed by atoms with Gasteiger partial charge < -0.3 is 9.57 Å². The maximum Gasteiger partial charge on any atom is 0.355 e. The fourth-order valence-corrected chi connectivity index (χ4v) is 0.474. The van der Waals surface area contributed by atoms with E-state index in [9.17, 15) is 4.79 Å². The van der Waals surface area contributed by atoms with E-state index in [2.05, 4.69) is 14.7 Å². The zero-order valence-corrected chi connectivity index (χ0v) is 6.38. The van der Waals surface area contributed by atoms with Crippen LogP contribution in [0.2, 0.25) is 0 Å². The van der Waals surface area contributed by atoms with Gasteiger partial charge in [0.15, 0.2) is 5.71 Å². The minimum absolute atomic E-state index is 0.296. The molecule has 0 aliphatic carbocycles. The second-order valence-electron chi connectivity index (χ2n) is 1.57. The fourth-order valence-electron chi connectivity index (χ4n) is 0.474. The summed E-state index contributed by atoms with van der Waals surface area (Å²) in [5.41, 5.74) is 0.296. The molecule has 0 N–H and O–H groups in total. The standard InChI is InChI=1S/C6H11NO3/c1-4-5(7-10-3)6(8)9-2/h4H2,1-3H3/b7-5-. The quantitative estimate of drug-likeness (QED) is 0.331. The third kappa shape index (κ3) is 2.48. The number of nitrogens with zero attached hydrogens (tertiary/aromatic N) is 1. The highest BCUT2D eigenvalue weighted by Gasteiger charge is 2.08. The summed E-state index contributed by atoms with van der Waals surface area (Å²) >= 11 is 0. The lowest BCUT2D eigenvalue weighted by atomic mass is 10.3. The van der Waals surface area contributed by atoms with Crippen LogP contribution in [-0.2, 0) is 14.4 Å². The topological polar surface area (TPSA) is 47.9 Å². The molecule has 4 heteroatoms. The zero-order chi connectivity index (χ0) is 7.98. The molecule has 0 aliphatic rings. The van der Waals surface area contributed by atoms with E-state index in [1.165, 1.54) is 14.2 Å². The van der Waals surface area contributed by atoms with E-state index in [0.29, 0.717) is 12.1 Å². The molecule has 0 aromatic carbocycles. The van der Waals surface area contributed by atoms with Gasteiger partial charge in [-0.1, -0.05) is 12.1 Å². The van der Waals surface area contributed by atoms with Crippen molar-refractivity contribution in [2.75, 3.05) is 14.2 Å². The van der Waals surface area contributed by atoms with Crippen molar-refractivity contribution in [2.24, 2.45) is 5.16 Å². The molecule has 0 aromatic heterocycles. The molecular weight excluding hydrogens is 134 g/mol. The predicted molar refractivity (Wildman–Crippen MR) is 36.8 cm³/mol. The van der Waals surface area contributed by atoms with Gasteiger partial charge in [0.05, 0.1) is 7.11 Å². The average molecular weight is 145 g/mol. The maximum atomic E-state index is 10.7. The number of carbonyl (C=O) groups excluding carboxylic acids is 1. The summed E-state index contributed by atoms with van der Waals surface area (Å²) in [4.78, 5) is 15.1.